The van der Waals surface area contributed by atoms with Crippen LogP contribution in [0, 0.1) is 12.7 Å². The molecule has 1 fully saturated rings. The summed E-state index contributed by atoms with van der Waals surface area (Å²) in [4.78, 5) is 12.7. The van der Waals surface area contributed by atoms with Gasteiger partial charge in [-0.2, -0.15) is 4.31 Å². The molecule has 0 radical (unpaired) electrons. The van der Waals surface area contributed by atoms with E-state index in [-0.39, 0.29) is 42.5 Å². The summed E-state index contributed by atoms with van der Waals surface area (Å²) >= 11 is 0. The number of aryl methyl sites for hydroxylation is 1. The van der Waals surface area contributed by atoms with Crippen molar-refractivity contribution in [3.63, 3.8) is 0 Å². The molecule has 5 rings (SSSR count). The molecular formula is C24H24FN5O4S2. The standard InChI is InChI=1S/C24H24FN5O4S2/c1-17-2-8-21(9-3-17)36(33,34)29-12-10-20(11-13-29)35(31,32)24-28-22-14-26-16-27-23(22)30(24)15-18-4-6-19(25)7-5-18/h2-9,14,16,20H,10-13,15H2,1H3. The molecule has 2 aromatic heterocycles. The Morgan fingerprint density at radius 3 is 2.31 bits per heavy atom. The van der Waals surface area contributed by atoms with Gasteiger partial charge >= 0.3 is 0 Å². The van der Waals surface area contributed by atoms with Gasteiger partial charge in [-0.15, -0.1) is 0 Å². The van der Waals surface area contributed by atoms with Crippen LogP contribution in [0.2, 0.25) is 0 Å². The zero-order valence-electron chi connectivity index (χ0n) is 19.4. The Hall–Kier alpha value is -3.22. The van der Waals surface area contributed by atoms with Crippen molar-refractivity contribution < 1.29 is 21.2 Å². The zero-order valence-corrected chi connectivity index (χ0v) is 21.1. The van der Waals surface area contributed by atoms with Gasteiger partial charge in [0.05, 0.1) is 22.9 Å². The van der Waals surface area contributed by atoms with Crippen molar-refractivity contribution in [1.29, 1.82) is 0 Å². The summed E-state index contributed by atoms with van der Waals surface area (Å²) in [5, 5.41) is -0.958. The molecule has 12 heteroatoms. The highest BCUT2D eigenvalue weighted by Crippen LogP contribution is 2.29. The van der Waals surface area contributed by atoms with E-state index in [4.69, 9.17) is 0 Å². The molecule has 9 nitrogen and oxygen atoms in total. The largest absolute Gasteiger partial charge is 0.295 e. The van der Waals surface area contributed by atoms with E-state index >= 15 is 0 Å². The highest BCUT2D eigenvalue weighted by Gasteiger charge is 2.38. The number of aromatic nitrogens is 4. The second-order valence-electron chi connectivity index (χ2n) is 8.80. The van der Waals surface area contributed by atoms with Crippen molar-refractivity contribution in [1.82, 2.24) is 23.8 Å². The van der Waals surface area contributed by atoms with Crippen LogP contribution in [0.5, 0.6) is 0 Å². The number of fused-ring (bicyclic) bond motifs is 1. The molecule has 1 saturated heterocycles. The van der Waals surface area contributed by atoms with Crippen LogP contribution in [-0.2, 0) is 26.4 Å². The van der Waals surface area contributed by atoms with Gasteiger partial charge in [0.15, 0.2) is 5.65 Å². The fourth-order valence-corrected chi connectivity index (χ4v) is 7.66. The molecule has 2 aromatic carbocycles. The number of hydrogen-bond donors (Lipinski definition) is 0. The Labute approximate surface area is 208 Å². The predicted molar refractivity (Wildman–Crippen MR) is 131 cm³/mol. The van der Waals surface area contributed by atoms with Crippen LogP contribution in [0.15, 0.2) is 71.1 Å². The second-order valence-corrected chi connectivity index (χ2v) is 12.9. The molecule has 0 spiro atoms. The first kappa shape index (κ1) is 24.5. The lowest BCUT2D eigenvalue weighted by molar-refractivity contribution is 0.344. The summed E-state index contributed by atoms with van der Waals surface area (Å²) in [5.74, 6) is -0.392. The number of benzene rings is 2. The van der Waals surface area contributed by atoms with E-state index in [2.05, 4.69) is 15.0 Å². The van der Waals surface area contributed by atoms with Crippen LogP contribution in [0.25, 0.3) is 11.2 Å². The van der Waals surface area contributed by atoms with Crippen LogP contribution in [0.1, 0.15) is 24.0 Å². The molecule has 0 N–H and O–H groups in total. The van der Waals surface area contributed by atoms with Gasteiger partial charge in [-0.1, -0.05) is 29.8 Å². The van der Waals surface area contributed by atoms with E-state index in [1.54, 1.807) is 36.4 Å². The number of nitrogens with zero attached hydrogens (tertiary/aromatic N) is 5. The minimum atomic E-state index is -3.93. The lowest BCUT2D eigenvalue weighted by Gasteiger charge is -2.30. The van der Waals surface area contributed by atoms with E-state index in [1.807, 2.05) is 6.92 Å². The van der Waals surface area contributed by atoms with Crippen LogP contribution in [-0.4, -0.2) is 59.0 Å². The van der Waals surface area contributed by atoms with Crippen LogP contribution in [0.3, 0.4) is 0 Å². The van der Waals surface area contributed by atoms with Crippen molar-refractivity contribution in [3.05, 3.63) is 78.0 Å². The Morgan fingerprint density at radius 2 is 1.64 bits per heavy atom. The van der Waals surface area contributed by atoms with Crippen LogP contribution >= 0.6 is 0 Å². The molecule has 3 heterocycles. The second kappa shape index (κ2) is 9.34. The highest BCUT2D eigenvalue weighted by molar-refractivity contribution is 7.92. The monoisotopic (exact) mass is 529 g/mol. The fourth-order valence-electron chi connectivity index (χ4n) is 4.38. The van der Waals surface area contributed by atoms with Crippen LogP contribution < -0.4 is 0 Å². The van der Waals surface area contributed by atoms with Gasteiger partial charge in [-0.25, -0.2) is 36.2 Å². The number of hydrogen-bond acceptors (Lipinski definition) is 7. The number of rotatable bonds is 6. The summed E-state index contributed by atoms with van der Waals surface area (Å²) < 4.78 is 69.8. The molecular weight excluding hydrogens is 505 g/mol. The minimum absolute atomic E-state index is 0.0815. The lowest BCUT2D eigenvalue weighted by Crippen LogP contribution is -2.42. The maximum atomic E-state index is 13.7. The molecule has 188 valence electrons. The van der Waals surface area contributed by atoms with Crippen molar-refractivity contribution in [2.45, 2.75) is 41.6 Å². The Morgan fingerprint density at radius 1 is 0.972 bits per heavy atom. The van der Waals surface area contributed by atoms with Gasteiger partial charge in [0.2, 0.25) is 25.0 Å². The zero-order chi connectivity index (χ0) is 25.5. The minimum Gasteiger partial charge on any atom is -0.295 e. The molecule has 0 aliphatic carbocycles. The van der Waals surface area contributed by atoms with Gasteiger partial charge in [0.25, 0.3) is 0 Å². The quantitative estimate of drug-likeness (QED) is 0.377. The average Bonchev–Trinajstić information content (AvgIpc) is 3.25. The van der Waals surface area contributed by atoms with Crippen molar-refractivity contribution in [2.24, 2.45) is 0 Å². The SMILES string of the molecule is Cc1ccc(S(=O)(=O)N2CCC(S(=O)(=O)c3nc4cncnc4n3Cc3ccc(F)cc3)CC2)cc1. The Bertz CT molecular complexity index is 1610. The maximum absolute atomic E-state index is 13.7. The summed E-state index contributed by atoms with van der Waals surface area (Å²) in [6.45, 7) is 2.17. The van der Waals surface area contributed by atoms with Crippen molar-refractivity contribution in [2.75, 3.05) is 13.1 Å². The number of halogens is 1. The molecule has 4 aromatic rings. The molecule has 0 bridgehead atoms. The smallest absolute Gasteiger partial charge is 0.243 e. The maximum Gasteiger partial charge on any atom is 0.243 e. The van der Waals surface area contributed by atoms with Crippen LogP contribution in [0.4, 0.5) is 4.39 Å². The number of sulfone groups is 1. The fraction of sp³-hybridized carbons (Fsp3) is 0.292. The third-order valence-electron chi connectivity index (χ3n) is 6.38. The third kappa shape index (κ3) is 4.51. The normalized spacial score (nSPS) is 15.9. The Balaban J connectivity index is 1.42. The van der Waals surface area contributed by atoms with E-state index < -0.39 is 30.9 Å². The van der Waals surface area contributed by atoms with Crippen molar-refractivity contribution >= 4 is 31.0 Å². The lowest BCUT2D eigenvalue weighted by atomic mass is 10.2. The number of sulfonamides is 1. The van der Waals surface area contributed by atoms with E-state index in [0.717, 1.165) is 5.56 Å². The first-order valence-electron chi connectivity index (χ1n) is 11.4. The number of piperidine rings is 1. The first-order valence-corrected chi connectivity index (χ1v) is 14.4. The molecule has 1 aliphatic rings. The van der Waals surface area contributed by atoms with Crippen molar-refractivity contribution in [3.8, 4) is 0 Å². The number of imidazole rings is 1. The Kier molecular flexibility index (Phi) is 6.35. The van der Waals surface area contributed by atoms with Gasteiger partial charge in [-0.05, 0) is 49.6 Å². The molecule has 0 unspecified atom stereocenters. The summed E-state index contributed by atoms with van der Waals surface area (Å²) in [5.41, 5.74) is 2.32. The topological polar surface area (TPSA) is 115 Å². The first-order chi connectivity index (χ1) is 17.2. The van der Waals surface area contributed by atoms with E-state index in [1.165, 1.54) is 33.5 Å². The average molecular weight is 530 g/mol. The van der Waals surface area contributed by atoms with Gasteiger partial charge in [-0.3, -0.25) is 4.57 Å². The summed E-state index contributed by atoms with van der Waals surface area (Å²) in [6.07, 6.45) is 3.03. The van der Waals surface area contributed by atoms with E-state index in [9.17, 15) is 21.2 Å². The molecule has 1 aliphatic heterocycles. The molecule has 0 amide bonds. The molecule has 0 saturated carbocycles. The summed E-state index contributed by atoms with van der Waals surface area (Å²) in [6, 6.07) is 12.4. The van der Waals surface area contributed by atoms with Gasteiger partial charge < -0.3 is 0 Å². The van der Waals surface area contributed by atoms with Gasteiger partial charge in [0, 0.05) is 13.1 Å². The van der Waals surface area contributed by atoms with E-state index in [0.29, 0.717) is 16.7 Å². The highest BCUT2D eigenvalue weighted by atomic mass is 32.2. The molecule has 0 atom stereocenters. The predicted octanol–water partition coefficient (Wildman–Crippen LogP) is 2.95. The molecule has 36 heavy (non-hydrogen) atoms. The summed E-state index contributed by atoms with van der Waals surface area (Å²) in [7, 11) is -7.65. The third-order valence-corrected chi connectivity index (χ3v) is 10.5. The van der Waals surface area contributed by atoms with Gasteiger partial charge in [0.1, 0.15) is 17.7 Å².